The summed E-state index contributed by atoms with van der Waals surface area (Å²) in [6.07, 6.45) is 2.94. The van der Waals surface area contributed by atoms with Crippen molar-refractivity contribution < 1.29 is 9.53 Å². The van der Waals surface area contributed by atoms with Crippen LogP contribution in [0.4, 0.5) is 5.82 Å². The highest BCUT2D eigenvalue weighted by Crippen LogP contribution is 2.27. The maximum absolute atomic E-state index is 12.5. The summed E-state index contributed by atoms with van der Waals surface area (Å²) in [6, 6.07) is 11.8. The van der Waals surface area contributed by atoms with Crippen LogP contribution < -0.4 is 15.0 Å². The summed E-state index contributed by atoms with van der Waals surface area (Å²) >= 11 is 0. The van der Waals surface area contributed by atoms with Crippen molar-refractivity contribution >= 4 is 11.7 Å². The number of pyridine rings is 1. The van der Waals surface area contributed by atoms with Crippen molar-refractivity contribution in [1.29, 1.82) is 0 Å². The molecule has 1 unspecified atom stereocenters. The van der Waals surface area contributed by atoms with E-state index in [1.165, 1.54) is 5.56 Å². The molecule has 3 rings (SSSR count). The van der Waals surface area contributed by atoms with Gasteiger partial charge in [-0.05, 0) is 44.4 Å². The Kier molecular flexibility index (Phi) is 5.53. The maximum Gasteiger partial charge on any atom is 0.261 e. The Morgan fingerprint density at radius 1 is 1.24 bits per heavy atom. The summed E-state index contributed by atoms with van der Waals surface area (Å²) in [5.41, 5.74) is 2.19. The van der Waals surface area contributed by atoms with Crippen molar-refractivity contribution in [3.63, 3.8) is 0 Å². The van der Waals surface area contributed by atoms with E-state index in [4.69, 9.17) is 4.74 Å². The van der Waals surface area contributed by atoms with Crippen LogP contribution in [0.2, 0.25) is 0 Å². The molecule has 1 atom stereocenters. The van der Waals surface area contributed by atoms with Crippen LogP contribution in [-0.4, -0.2) is 30.1 Å². The van der Waals surface area contributed by atoms with Crippen LogP contribution in [0.3, 0.4) is 0 Å². The number of aromatic nitrogens is 1. The van der Waals surface area contributed by atoms with E-state index in [0.29, 0.717) is 13.0 Å². The number of para-hydroxylation sites is 1. The van der Waals surface area contributed by atoms with E-state index in [1.54, 1.807) is 6.20 Å². The summed E-state index contributed by atoms with van der Waals surface area (Å²) in [5, 5.41) is 3.01. The van der Waals surface area contributed by atoms with Crippen molar-refractivity contribution in [2.45, 2.75) is 39.3 Å². The third-order valence-corrected chi connectivity index (χ3v) is 4.59. The SMILES string of the molecule is CCN(CC)c1ncccc1CNC(=O)C1CCc2ccccc2O1. The second-order valence-electron chi connectivity index (χ2n) is 6.13. The predicted molar refractivity (Wildman–Crippen MR) is 98.8 cm³/mol. The lowest BCUT2D eigenvalue weighted by atomic mass is 10.0. The number of hydrogen-bond acceptors (Lipinski definition) is 4. The number of carbonyl (C=O) groups is 1. The fourth-order valence-electron chi connectivity index (χ4n) is 3.18. The number of anilines is 1. The van der Waals surface area contributed by atoms with Crippen LogP contribution in [0, 0.1) is 0 Å². The number of amides is 1. The number of aryl methyl sites for hydroxylation is 1. The maximum atomic E-state index is 12.5. The summed E-state index contributed by atoms with van der Waals surface area (Å²) in [6.45, 7) is 6.44. The zero-order valence-corrected chi connectivity index (χ0v) is 14.9. The van der Waals surface area contributed by atoms with Crippen molar-refractivity contribution in [2.24, 2.45) is 0 Å². The van der Waals surface area contributed by atoms with E-state index in [2.05, 4.69) is 35.1 Å². The first-order chi connectivity index (χ1) is 12.2. The molecule has 1 aromatic carbocycles. The number of hydrogen-bond donors (Lipinski definition) is 1. The normalized spacial score (nSPS) is 15.8. The fraction of sp³-hybridized carbons (Fsp3) is 0.400. The average Bonchev–Trinajstić information content (AvgIpc) is 2.67. The molecule has 2 heterocycles. The minimum absolute atomic E-state index is 0.0659. The van der Waals surface area contributed by atoms with Crippen LogP contribution >= 0.6 is 0 Å². The van der Waals surface area contributed by atoms with Gasteiger partial charge in [-0.15, -0.1) is 0 Å². The van der Waals surface area contributed by atoms with Gasteiger partial charge in [0.25, 0.3) is 5.91 Å². The molecule has 0 fully saturated rings. The Labute approximate surface area is 149 Å². The molecule has 0 saturated heterocycles. The van der Waals surface area contributed by atoms with Gasteiger partial charge in [-0.1, -0.05) is 24.3 Å². The zero-order chi connectivity index (χ0) is 17.6. The molecule has 1 aliphatic rings. The van der Waals surface area contributed by atoms with Gasteiger partial charge in [-0.3, -0.25) is 4.79 Å². The first kappa shape index (κ1) is 17.3. The second kappa shape index (κ2) is 8.01. The van der Waals surface area contributed by atoms with Crippen molar-refractivity contribution in [1.82, 2.24) is 10.3 Å². The molecule has 1 aliphatic heterocycles. The Morgan fingerprint density at radius 2 is 2.04 bits per heavy atom. The number of nitrogens with one attached hydrogen (secondary N) is 1. The monoisotopic (exact) mass is 339 g/mol. The molecule has 1 aromatic heterocycles. The molecule has 1 N–H and O–H groups in total. The molecule has 5 heteroatoms. The fourth-order valence-corrected chi connectivity index (χ4v) is 3.18. The van der Waals surface area contributed by atoms with Gasteiger partial charge in [0.05, 0.1) is 0 Å². The molecule has 5 nitrogen and oxygen atoms in total. The van der Waals surface area contributed by atoms with Crippen LogP contribution in [-0.2, 0) is 17.8 Å². The Bertz CT molecular complexity index is 728. The highest BCUT2D eigenvalue weighted by atomic mass is 16.5. The lowest BCUT2D eigenvalue weighted by molar-refractivity contribution is -0.128. The van der Waals surface area contributed by atoms with Crippen LogP contribution in [0.25, 0.3) is 0 Å². The minimum Gasteiger partial charge on any atom is -0.480 e. The van der Waals surface area contributed by atoms with Gasteiger partial charge in [0.1, 0.15) is 11.6 Å². The number of nitrogens with zero attached hydrogens (tertiary/aromatic N) is 2. The number of rotatable bonds is 6. The van der Waals surface area contributed by atoms with Crippen molar-refractivity contribution in [3.05, 3.63) is 53.7 Å². The molecule has 2 aromatic rings. The minimum atomic E-state index is -0.427. The predicted octanol–water partition coefficient (Wildman–Crippen LogP) is 2.94. The van der Waals surface area contributed by atoms with Crippen LogP contribution in [0.15, 0.2) is 42.6 Å². The molecular weight excluding hydrogens is 314 g/mol. The molecule has 0 radical (unpaired) electrons. The molecule has 0 bridgehead atoms. The third kappa shape index (κ3) is 3.92. The molecule has 0 spiro atoms. The summed E-state index contributed by atoms with van der Waals surface area (Å²) < 4.78 is 5.86. The summed E-state index contributed by atoms with van der Waals surface area (Å²) in [7, 11) is 0. The van der Waals surface area contributed by atoms with E-state index < -0.39 is 6.10 Å². The van der Waals surface area contributed by atoms with E-state index in [0.717, 1.165) is 36.6 Å². The molecule has 0 saturated carbocycles. The molecule has 1 amide bonds. The lowest BCUT2D eigenvalue weighted by Gasteiger charge is -2.26. The lowest BCUT2D eigenvalue weighted by Crippen LogP contribution is -2.40. The van der Waals surface area contributed by atoms with E-state index >= 15 is 0 Å². The largest absolute Gasteiger partial charge is 0.480 e. The number of benzene rings is 1. The van der Waals surface area contributed by atoms with Gasteiger partial charge in [0.15, 0.2) is 6.10 Å². The van der Waals surface area contributed by atoms with Gasteiger partial charge in [-0.2, -0.15) is 0 Å². The third-order valence-electron chi connectivity index (χ3n) is 4.59. The van der Waals surface area contributed by atoms with Gasteiger partial charge >= 0.3 is 0 Å². The number of fused-ring (bicyclic) bond motifs is 1. The first-order valence-corrected chi connectivity index (χ1v) is 8.94. The molecule has 132 valence electrons. The van der Waals surface area contributed by atoms with Crippen molar-refractivity contribution in [3.8, 4) is 5.75 Å². The average molecular weight is 339 g/mol. The summed E-state index contributed by atoms with van der Waals surface area (Å²) in [4.78, 5) is 19.2. The Balaban J connectivity index is 1.64. The van der Waals surface area contributed by atoms with Gasteiger partial charge in [-0.25, -0.2) is 4.98 Å². The second-order valence-corrected chi connectivity index (χ2v) is 6.13. The van der Waals surface area contributed by atoms with Gasteiger partial charge < -0.3 is 15.0 Å². The van der Waals surface area contributed by atoms with E-state index in [9.17, 15) is 4.79 Å². The topological polar surface area (TPSA) is 54.5 Å². The Hall–Kier alpha value is -2.56. The van der Waals surface area contributed by atoms with Crippen molar-refractivity contribution in [2.75, 3.05) is 18.0 Å². The van der Waals surface area contributed by atoms with E-state index in [-0.39, 0.29) is 5.91 Å². The quantitative estimate of drug-likeness (QED) is 0.879. The Morgan fingerprint density at radius 3 is 2.84 bits per heavy atom. The van der Waals surface area contributed by atoms with Gasteiger partial charge in [0.2, 0.25) is 0 Å². The molecular formula is C20H25N3O2. The van der Waals surface area contributed by atoms with Crippen LogP contribution in [0.5, 0.6) is 5.75 Å². The van der Waals surface area contributed by atoms with Gasteiger partial charge in [0, 0.05) is 31.4 Å². The van der Waals surface area contributed by atoms with Crippen LogP contribution in [0.1, 0.15) is 31.4 Å². The highest BCUT2D eigenvalue weighted by Gasteiger charge is 2.25. The first-order valence-electron chi connectivity index (χ1n) is 8.94. The highest BCUT2D eigenvalue weighted by molar-refractivity contribution is 5.81. The number of carbonyl (C=O) groups excluding carboxylic acids is 1. The standard InChI is InChI=1S/C20H25N3O2/c1-3-23(4-2)19-16(9-7-13-21-19)14-22-20(24)18-12-11-15-8-5-6-10-17(15)25-18/h5-10,13,18H,3-4,11-12,14H2,1-2H3,(H,22,24). The molecule has 25 heavy (non-hydrogen) atoms. The van der Waals surface area contributed by atoms with E-state index in [1.807, 2.05) is 30.3 Å². The molecule has 0 aliphatic carbocycles. The number of ether oxygens (including phenoxy) is 1. The zero-order valence-electron chi connectivity index (χ0n) is 14.9. The summed E-state index contributed by atoms with van der Waals surface area (Å²) in [5.74, 6) is 1.69. The smallest absolute Gasteiger partial charge is 0.261 e.